The molecule has 0 saturated carbocycles. The lowest BCUT2D eigenvalue weighted by Gasteiger charge is -2.25. The number of unbranched alkanes of at least 4 members (excludes halogenated alkanes) is 2. The molecule has 0 bridgehead atoms. The fourth-order valence-corrected chi connectivity index (χ4v) is 2.56. The Kier molecular flexibility index (Phi) is 9.72. The van der Waals surface area contributed by atoms with Crippen molar-refractivity contribution in [1.29, 1.82) is 0 Å². The number of hydrogen-bond acceptors (Lipinski definition) is 3. The molecule has 0 radical (unpaired) electrons. The molecule has 4 heteroatoms. The summed E-state index contributed by atoms with van der Waals surface area (Å²) in [6.45, 7) is 7.53. The van der Waals surface area contributed by atoms with Crippen LogP contribution >= 0.6 is 15.9 Å². The zero-order valence-corrected chi connectivity index (χ0v) is 14.8. The normalized spacial score (nSPS) is 12.6. The summed E-state index contributed by atoms with van der Waals surface area (Å²) in [5.74, 6) is 0.783. The molecule has 1 atom stereocenters. The Hall–Kier alpha value is -0.580. The standard InChI is InChI=1S/C17H28BrNO2/c1-3-5-11-19(12-6-4-2)13-15(20)14-21-17-10-8-7-9-16(17)18/h7-10,15,20H,3-6,11-14H2,1-2H3/t15-/m1/s1. The monoisotopic (exact) mass is 357 g/mol. The first-order valence-corrected chi connectivity index (χ1v) is 8.74. The molecule has 0 amide bonds. The minimum absolute atomic E-state index is 0.331. The Morgan fingerprint density at radius 2 is 1.76 bits per heavy atom. The van der Waals surface area contributed by atoms with Gasteiger partial charge in [0.05, 0.1) is 4.47 Å². The molecule has 21 heavy (non-hydrogen) atoms. The molecule has 0 saturated heterocycles. The van der Waals surface area contributed by atoms with E-state index in [1.165, 1.54) is 25.7 Å². The van der Waals surface area contributed by atoms with Gasteiger partial charge >= 0.3 is 0 Å². The number of benzene rings is 1. The highest BCUT2D eigenvalue weighted by atomic mass is 79.9. The lowest BCUT2D eigenvalue weighted by atomic mass is 10.2. The van der Waals surface area contributed by atoms with Gasteiger partial charge in [-0.3, -0.25) is 0 Å². The average Bonchev–Trinajstić information content (AvgIpc) is 2.49. The van der Waals surface area contributed by atoms with E-state index < -0.39 is 6.10 Å². The van der Waals surface area contributed by atoms with E-state index in [4.69, 9.17) is 4.74 Å². The zero-order chi connectivity index (χ0) is 15.5. The third-order valence-corrected chi connectivity index (χ3v) is 4.05. The van der Waals surface area contributed by atoms with Crippen molar-refractivity contribution in [3.05, 3.63) is 28.7 Å². The molecular formula is C17H28BrNO2. The summed E-state index contributed by atoms with van der Waals surface area (Å²) in [6, 6.07) is 7.73. The molecule has 3 nitrogen and oxygen atoms in total. The molecule has 0 unspecified atom stereocenters. The van der Waals surface area contributed by atoms with Gasteiger partial charge in [-0.1, -0.05) is 38.8 Å². The SMILES string of the molecule is CCCCN(CCCC)C[C@@H](O)COc1ccccc1Br. The van der Waals surface area contributed by atoms with Crippen LogP contribution in [-0.4, -0.2) is 42.4 Å². The molecule has 0 heterocycles. The number of para-hydroxylation sites is 1. The quantitative estimate of drug-likeness (QED) is 0.647. The summed E-state index contributed by atoms with van der Waals surface area (Å²) in [4.78, 5) is 2.35. The van der Waals surface area contributed by atoms with E-state index in [1.54, 1.807) is 0 Å². The Morgan fingerprint density at radius 3 is 2.33 bits per heavy atom. The second kappa shape index (κ2) is 11.0. The molecule has 0 aliphatic heterocycles. The Balaban J connectivity index is 2.38. The lowest BCUT2D eigenvalue weighted by Crippen LogP contribution is -2.37. The van der Waals surface area contributed by atoms with Gasteiger partial charge in [-0.05, 0) is 54.0 Å². The third-order valence-electron chi connectivity index (χ3n) is 3.39. The summed E-state index contributed by atoms with van der Waals surface area (Å²) in [5, 5.41) is 10.2. The van der Waals surface area contributed by atoms with E-state index >= 15 is 0 Å². The van der Waals surface area contributed by atoms with E-state index in [1.807, 2.05) is 24.3 Å². The minimum Gasteiger partial charge on any atom is -0.490 e. The lowest BCUT2D eigenvalue weighted by molar-refractivity contribution is 0.0669. The molecule has 120 valence electrons. The van der Waals surface area contributed by atoms with Crippen molar-refractivity contribution < 1.29 is 9.84 Å². The van der Waals surface area contributed by atoms with Gasteiger partial charge in [0, 0.05) is 6.54 Å². The van der Waals surface area contributed by atoms with Crippen LogP contribution in [0.5, 0.6) is 5.75 Å². The highest BCUT2D eigenvalue weighted by Crippen LogP contribution is 2.23. The number of halogens is 1. The maximum Gasteiger partial charge on any atom is 0.133 e. The number of rotatable bonds is 11. The van der Waals surface area contributed by atoms with Gasteiger partial charge < -0.3 is 14.7 Å². The van der Waals surface area contributed by atoms with Gasteiger partial charge in [0.15, 0.2) is 0 Å². The Bertz CT molecular complexity index is 379. The fraction of sp³-hybridized carbons (Fsp3) is 0.647. The van der Waals surface area contributed by atoms with E-state index in [9.17, 15) is 5.11 Å². The molecule has 1 N–H and O–H groups in total. The van der Waals surface area contributed by atoms with Crippen LogP contribution in [0.4, 0.5) is 0 Å². The van der Waals surface area contributed by atoms with E-state index in [-0.39, 0.29) is 0 Å². The van der Waals surface area contributed by atoms with E-state index in [0.717, 1.165) is 23.3 Å². The minimum atomic E-state index is -0.453. The second-order valence-corrected chi connectivity index (χ2v) is 6.26. The maximum absolute atomic E-state index is 10.2. The first-order chi connectivity index (χ1) is 10.2. The predicted molar refractivity (Wildman–Crippen MR) is 91.9 cm³/mol. The second-order valence-electron chi connectivity index (χ2n) is 5.40. The summed E-state index contributed by atoms with van der Waals surface area (Å²) in [7, 11) is 0. The number of aliphatic hydroxyl groups is 1. The van der Waals surface area contributed by atoms with Crippen LogP contribution in [0.25, 0.3) is 0 Å². The molecule has 0 aliphatic carbocycles. The summed E-state index contributed by atoms with van der Waals surface area (Å²) >= 11 is 3.45. The van der Waals surface area contributed by atoms with E-state index in [0.29, 0.717) is 13.2 Å². The van der Waals surface area contributed by atoms with Crippen LogP contribution in [0.15, 0.2) is 28.7 Å². The van der Waals surface area contributed by atoms with Crippen LogP contribution < -0.4 is 4.74 Å². The number of nitrogens with zero attached hydrogens (tertiary/aromatic N) is 1. The molecule has 0 fully saturated rings. The Labute approximate surface area is 137 Å². The van der Waals surface area contributed by atoms with Gasteiger partial charge in [-0.25, -0.2) is 0 Å². The van der Waals surface area contributed by atoms with Crippen molar-refractivity contribution >= 4 is 15.9 Å². The summed E-state index contributed by atoms with van der Waals surface area (Å²) in [5.41, 5.74) is 0. The van der Waals surface area contributed by atoms with E-state index in [2.05, 4.69) is 34.7 Å². The molecule has 1 aromatic rings. The van der Waals surface area contributed by atoms with Crippen LogP contribution in [0, 0.1) is 0 Å². The topological polar surface area (TPSA) is 32.7 Å². The maximum atomic E-state index is 10.2. The first-order valence-electron chi connectivity index (χ1n) is 7.95. The predicted octanol–water partition coefficient (Wildman–Crippen LogP) is 4.09. The van der Waals surface area contributed by atoms with Gasteiger partial charge in [0.1, 0.15) is 18.5 Å². The van der Waals surface area contributed by atoms with Gasteiger partial charge in [-0.15, -0.1) is 0 Å². The smallest absolute Gasteiger partial charge is 0.133 e. The molecule has 0 aromatic heterocycles. The average molecular weight is 358 g/mol. The number of hydrogen-bond donors (Lipinski definition) is 1. The van der Waals surface area contributed by atoms with Crippen LogP contribution in [-0.2, 0) is 0 Å². The largest absolute Gasteiger partial charge is 0.490 e. The summed E-state index contributed by atoms with van der Waals surface area (Å²) in [6.07, 6.45) is 4.28. The fourth-order valence-electron chi connectivity index (χ4n) is 2.16. The number of ether oxygens (including phenoxy) is 1. The van der Waals surface area contributed by atoms with Gasteiger partial charge in [-0.2, -0.15) is 0 Å². The van der Waals surface area contributed by atoms with Crippen molar-refractivity contribution in [1.82, 2.24) is 4.90 Å². The van der Waals surface area contributed by atoms with Crippen molar-refractivity contribution in [3.63, 3.8) is 0 Å². The molecular weight excluding hydrogens is 330 g/mol. The molecule has 1 aromatic carbocycles. The molecule has 0 aliphatic rings. The van der Waals surface area contributed by atoms with Crippen LogP contribution in [0.3, 0.4) is 0 Å². The van der Waals surface area contributed by atoms with Crippen LogP contribution in [0.2, 0.25) is 0 Å². The van der Waals surface area contributed by atoms with Crippen molar-refractivity contribution in [2.24, 2.45) is 0 Å². The van der Waals surface area contributed by atoms with Crippen molar-refractivity contribution in [2.45, 2.75) is 45.6 Å². The third kappa shape index (κ3) is 7.84. The van der Waals surface area contributed by atoms with Crippen molar-refractivity contribution in [3.8, 4) is 5.75 Å². The Morgan fingerprint density at radius 1 is 1.14 bits per heavy atom. The highest BCUT2D eigenvalue weighted by Gasteiger charge is 2.12. The van der Waals surface area contributed by atoms with Gasteiger partial charge in [0.2, 0.25) is 0 Å². The number of aliphatic hydroxyl groups excluding tert-OH is 1. The van der Waals surface area contributed by atoms with Crippen molar-refractivity contribution in [2.75, 3.05) is 26.2 Å². The molecule has 1 rings (SSSR count). The summed E-state index contributed by atoms with van der Waals surface area (Å²) < 4.78 is 6.61. The van der Waals surface area contributed by atoms with Gasteiger partial charge in [0.25, 0.3) is 0 Å². The highest BCUT2D eigenvalue weighted by molar-refractivity contribution is 9.10. The zero-order valence-electron chi connectivity index (χ0n) is 13.2. The first kappa shape index (κ1) is 18.5. The van der Waals surface area contributed by atoms with Crippen LogP contribution in [0.1, 0.15) is 39.5 Å². The molecule has 0 spiro atoms.